The summed E-state index contributed by atoms with van der Waals surface area (Å²) in [4.78, 5) is 17.6. The summed E-state index contributed by atoms with van der Waals surface area (Å²) in [6.07, 6.45) is 1.18. The highest BCUT2D eigenvalue weighted by atomic mass is 16.5. The number of hydrogen-bond acceptors (Lipinski definition) is 4. The minimum atomic E-state index is 0.120. The van der Waals surface area contributed by atoms with E-state index in [0.717, 1.165) is 50.5 Å². The lowest BCUT2D eigenvalue weighted by molar-refractivity contribution is -0.0160. The van der Waals surface area contributed by atoms with Crippen molar-refractivity contribution in [1.29, 1.82) is 0 Å². The summed E-state index contributed by atoms with van der Waals surface area (Å²) in [5.74, 6) is 0.534. The molecule has 6 heteroatoms. The molecule has 2 fully saturated rings. The second-order valence-electron chi connectivity index (χ2n) is 6.63. The number of aromatic nitrogens is 2. The number of carbonyl (C=O) groups excluding carboxylic acids is 1. The minimum Gasteiger partial charge on any atom is -0.381 e. The maximum atomic E-state index is 13.1. The Kier molecular flexibility index (Phi) is 4.73. The number of fused-ring (bicyclic) bond motifs is 1. The fourth-order valence-corrected chi connectivity index (χ4v) is 4.14. The van der Waals surface area contributed by atoms with Crippen LogP contribution in [0.1, 0.15) is 36.5 Å². The lowest BCUT2D eigenvalue weighted by Crippen LogP contribution is -2.53. The van der Waals surface area contributed by atoms with Gasteiger partial charge in [-0.2, -0.15) is 5.10 Å². The molecular weight excluding hydrogens is 292 g/mol. The van der Waals surface area contributed by atoms with E-state index in [1.54, 1.807) is 7.11 Å². The first-order valence-electron chi connectivity index (χ1n) is 8.69. The number of nitrogens with zero attached hydrogens (tertiary/aromatic N) is 4. The Labute approximate surface area is 138 Å². The van der Waals surface area contributed by atoms with Crippen molar-refractivity contribution in [3.05, 3.63) is 17.5 Å². The van der Waals surface area contributed by atoms with Crippen LogP contribution in [0.5, 0.6) is 0 Å². The maximum Gasteiger partial charge on any atom is 0.272 e. The van der Waals surface area contributed by atoms with Gasteiger partial charge in [0.05, 0.1) is 17.8 Å². The molecule has 128 valence electrons. The lowest BCUT2D eigenvalue weighted by Gasteiger charge is -2.41. The SMILES string of the molecule is CCN1C[C@@H]2[C@@H](OC)CCN(C(=O)c3cc(C)nn3CC)[C@@H]2C1. The molecule has 2 saturated heterocycles. The number of methoxy groups -OCH3 is 1. The second-order valence-corrected chi connectivity index (χ2v) is 6.63. The molecule has 0 bridgehead atoms. The van der Waals surface area contributed by atoms with Crippen LogP contribution >= 0.6 is 0 Å². The van der Waals surface area contributed by atoms with Gasteiger partial charge < -0.3 is 14.5 Å². The second kappa shape index (κ2) is 6.61. The topological polar surface area (TPSA) is 50.6 Å². The molecule has 0 radical (unpaired) electrons. The number of aryl methyl sites for hydroxylation is 2. The highest BCUT2D eigenvalue weighted by Gasteiger charge is 2.46. The Bertz CT molecular complexity index is 571. The first-order chi connectivity index (χ1) is 11.1. The van der Waals surface area contributed by atoms with Crippen LogP contribution in [0.3, 0.4) is 0 Å². The van der Waals surface area contributed by atoms with Crippen molar-refractivity contribution >= 4 is 5.91 Å². The summed E-state index contributed by atoms with van der Waals surface area (Å²) in [6.45, 7) is 10.6. The van der Waals surface area contributed by atoms with Crippen LogP contribution in [0.2, 0.25) is 0 Å². The van der Waals surface area contributed by atoms with E-state index in [-0.39, 0.29) is 18.1 Å². The largest absolute Gasteiger partial charge is 0.381 e. The van der Waals surface area contributed by atoms with Crippen LogP contribution in [0, 0.1) is 12.8 Å². The molecule has 3 atom stereocenters. The van der Waals surface area contributed by atoms with Crippen LogP contribution in [0.15, 0.2) is 6.07 Å². The van der Waals surface area contributed by atoms with Crippen LogP contribution in [0.4, 0.5) is 0 Å². The van der Waals surface area contributed by atoms with Crippen LogP contribution < -0.4 is 0 Å². The van der Waals surface area contributed by atoms with E-state index in [1.165, 1.54) is 0 Å². The molecular formula is C17H28N4O2. The van der Waals surface area contributed by atoms with Crippen molar-refractivity contribution in [2.75, 3.05) is 33.3 Å². The van der Waals surface area contributed by atoms with Gasteiger partial charge in [0.2, 0.25) is 0 Å². The molecule has 6 nitrogen and oxygen atoms in total. The lowest BCUT2D eigenvalue weighted by atomic mass is 9.88. The van der Waals surface area contributed by atoms with Gasteiger partial charge in [0, 0.05) is 39.2 Å². The number of likely N-dealkylation sites (tertiary alicyclic amines) is 2. The summed E-state index contributed by atoms with van der Waals surface area (Å²) < 4.78 is 7.52. The number of hydrogen-bond donors (Lipinski definition) is 0. The number of likely N-dealkylation sites (N-methyl/N-ethyl adjacent to an activating group) is 1. The third-order valence-electron chi connectivity index (χ3n) is 5.37. The quantitative estimate of drug-likeness (QED) is 0.841. The fraction of sp³-hybridized carbons (Fsp3) is 0.765. The summed E-state index contributed by atoms with van der Waals surface area (Å²) >= 11 is 0. The van der Waals surface area contributed by atoms with Crippen molar-refractivity contribution in [2.45, 2.75) is 45.9 Å². The highest BCUT2D eigenvalue weighted by molar-refractivity contribution is 5.93. The Balaban J connectivity index is 1.85. The third kappa shape index (κ3) is 2.90. The van der Waals surface area contributed by atoms with Crippen LogP contribution in [-0.4, -0.2) is 70.9 Å². The van der Waals surface area contributed by atoms with Crippen LogP contribution in [0.25, 0.3) is 0 Å². The van der Waals surface area contributed by atoms with Gasteiger partial charge in [-0.1, -0.05) is 6.92 Å². The van der Waals surface area contributed by atoms with E-state index in [2.05, 4.69) is 21.8 Å². The van der Waals surface area contributed by atoms with Crippen molar-refractivity contribution in [1.82, 2.24) is 19.6 Å². The molecule has 2 aliphatic rings. The molecule has 0 spiro atoms. The van der Waals surface area contributed by atoms with Crippen molar-refractivity contribution in [2.24, 2.45) is 5.92 Å². The van der Waals surface area contributed by atoms with Crippen molar-refractivity contribution < 1.29 is 9.53 Å². The first-order valence-corrected chi connectivity index (χ1v) is 8.69. The van der Waals surface area contributed by atoms with Gasteiger partial charge in [-0.05, 0) is 32.9 Å². The maximum absolute atomic E-state index is 13.1. The molecule has 0 aliphatic carbocycles. The van der Waals surface area contributed by atoms with E-state index >= 15 is 0 Å². The van der Waals surface area contributed by atoms with E-state index in [9.17, 15) is 4.79 Å². The molecule has 23 heavy (non-hydrogen) atoms. The zero-order chi connectivity index (χ0) is 16.6. The first kappa shape index (κ1) is 16.5. The van der Waals surface area contributed by atoms with Gasteiger partial charge >= 0.3 is 0 Å². The van der Waals surface area contributed by atoms with Crippen molar-refractivity contribution in [3.8, 4) is 0 Å². The van der Waals surface area contributed by atoms with Gasteiger partial charge in [0.15, 0.2) is 0 Å². The van der Waals surface area contributed by atoms with Gasteiger partial charge in [-0.25, -0.2) is 0 Å². The Morgan fingerprint density at radius 1 is 1.35 bits per heavy atom. The van der Waals surface area contributed by atoms with Gasteiger partial charge in [0.25, 0.3) is 5.91 Å². The molecule has 0 saturated carbocycles. The van der Waals surface area contributed by atoms with Gasteiger partial charge in [-0.3, -0.25) is 9.48 Å². The summed E-state index contributed by atoms with van der Waals surface area (Å²) in [7, 11) is 1.79. The monoisotopic (exact) mass is 320 g/mol. The Hall–Kier alpha value is -1.40. The highest BCUT2D eigenvalue weighted by Crippen LogP contribution is 2.33. The molecule has 2 aliphatic heterocycles. The minimum absolute atomic E-state index is 0.120. The smallest absolute Gasteiger partial charge is 0.272 e. The fourth-order valence-electron chi connectivity index (χ4n) is 4.14. The summed E-state index contributed by atoms with van der Waals surface area (Å²) in [6, 6.07) is 2.16. The number of carbonyl (C=O) groups is 1. The molecule has 0 N–H and O–H groups in total. The molecule has 1 amide bonds. The zero-order valence-electron chi connectivity index (χ0n) is 14.7. The predicted molar refractivity (Wildman–Crippen MR) is 88.5 cm³/mol. The molecule has 3 heterocycles. The number of piperidine rings is 1. The molecule has 1 aromatic heterocycles. The van der Waals surface area contributed by atoms with E-state index in [0.29, 0.717) is 5.92 Å². The van der Waals surface area contributed by atoms with E-state index in [4.69, 9.17) is 4.74 Å². The number of amides is 1. The van der Waals surface area contributed by atoms with E-state index < -0.39 is 0 Å². The average molecular weight is 320 g/mol. The van der Waals surface area contributed by atoms with E-state index in [1.807, 2.05) is 24.6 Å². The average Bonchev–Trinajstić information content (AvgIpc) is 3.16. The van der Waals surface area contributed by atoms with Crippen LogP contribution in [-0.2, 0) is 11.3 Å². The Morgan fingerprint density at radius 2 is 2.13 bits per heavy atom. The number of ether oxygens (including phenoxy) is 1. The normalized spacial score (nSPS) is 28.2. The van der Waals surface area contributed by atoms with Gasteiger partial charge in [-0.15, -0.1) is 0 Å². The zero-order valence-corrected chi connectivity index (χ0v) is 14.7. The van der Waals surface area contributed by atoms with Crippen molar-refractivity contribution in [3.63, 3.8) is 0 Å². The van der Waals surface area contributed by atoms with Gasteiger partial charge in [0.1, 0.15) is 5.69 Å². The summed E-state index contributed by atoms with van der Waals surface area (Å²) in [5.41, 5.74) is 1.62. The third-order valence-corrected chi connectivity index (χ3v) is 5.37. The molecule has 1 aromatic rings. The molecule has 0 unspecified atom stereocenters. The number of rotatable bonds is 4. The molecule has 0 aromatic carbocycles. The predicted octanol–water partition coefficient (Wildman–Crippen LogP) is 1.39. The molecule has 3 rings (SSSR count). The Morgan fingerprint density at radius 3 is 2.78 bits per heavy atom. The standard InChI is InChI=1S/C17H28N4O2/c1-5-19-10-13-15(11-19)20(8-7-16(13)23-4)17(22)14-9-12(3)18-21(14)6-2/h9,13,15-16H,5-8,10-11H2,1-4H3/t13-,15+,16-/m0/s1. The summed E-state index contributed by atoms with van der Waals surface area (Å²) in [5, 5.41) is 4.43.